The topological polar surface area (TPSA) is 0 Å². The van der Waals surface area contributed by atoms with E-state index in [0.29, 0.717) is 10.8 Å². The van der Waals surface area contributed by atoms with Gasteiger partial charge in [-0.15, -0.1) is 0 Å². The number of fused-ring (bicyclic) bond motifs is 5. The van der Waals surface area contributed by atoms with E-state index in [2.05, 4.69) is 40.7 Å². The van der Waals surface area contributed by atoms with Crippen molar-refractivity contribution in [3.05, 3.63) is 11.6 Å². The van der Waals surface area contributed by atoms with Crippen LogP contribution in [0.5, 0.6) is 0 Å². The van der Waals surface area contributed by atoms with Gasteiger partial charge in [-0.3, -0.25) is 0 Å². The fourth-order valence-corrected chi connectivity index (χ4v) is 8.61. The molecular weight excluding hydrogens is 396 g/mol. The molecule has 3 saturated carbocycles. The maximum atomic E-state index is 2.77. The van der Waals surface area contributed by atoms with Gasteiger partial charge in [0.05, 0.1) is 0 Å². The van der Waals surface area contributed by atoms with E-state index >= 15 is 0 Å². The third-order valence-electron chi connectivity index (χ3n) is 10.6. The van der Waals surface area contributed by atoms with Gasteiger partial charge in [-0.2, -0.15) is 0 Å². The van der Waals surface area contributed by atoms with Gasteiger partial charge in [-0.1, -0.05) is 107 Å². The lowest BCUT2D eigenvalue weighted by Crippen LogP contribution is -2.50. The third kappa shape index (κ3) is 6.30. The monoisotopic (exact) mass is 461 g/mol. The summed E-state index contributed by atoms with van der Waals surface area (Å²) in [6, 6.07) is 0. The average molecular weight is 461 g/mol. The summed E-state index contributed by atoms with van der Waals surface area (Å²) in [4.78, 5) is 0. The second-order valence-corrected chi connectivity index (χ2v) is 12.3. The lowest BCUT2D eigenvalue weighted by Gasteiger charge is -2.58. The largest absolute Gasteiger partial charge is 0.0845 e. The van der Waals surface area contributed by atoms with Crippen molar-refractivity contribution in [2.45, 2.75) is 153 Å². The molecule has 0 saturated heterocycles. The van der Waals surface area contributed by atoms with Crippen LogP contribution in [0.4, 0.5) is 0 Å². The van der Waals surface area contributed by atoms with E-state index < -0.39 is 0 Å². The third-order valence-corrected chi connectivity index (χ3v) is 10.6. The van der Waals surface area contributed by atoms with E-state index in [-0.39, 0.29) is 7.43 Å². The first kappa shape index (κ1) is 30.8. The molecule has 7 atom stereocenters. The summed E-state index contributed by atoms with van der Waals surface area (Å²) in [5.41, 5.74) is 3.12. The van der Waals surface area contributed by atoms with E-state index in [1.54, 1.807) is 6.42 Å². The zero-order chi connectivity index (χ0) is 23.9. The number of allylic oxidation sites excluding steroid dienone is 2. The zero-order valence-electron chi connectivity index (χ0n) is 23.7. The molecule has 0 aromatic heterocycles. The highest BCUT2D eigenvalue weighted by Gasteiger charge is 2.58. The molecule has 0 aliphatic heterocycles. The van der Waals surface area contributed by atoms with Crippen LogP contribution in [0.1, 0.15) is 153 Å². The van der Waals surface area contributed by atoms with Crippen molar-refractivity contribution >= 4 is 0 Å². The Balaban J connectivity index is 0.00000103. The lowest BCUT2D eigenvalue weighted by molar-refractivity contribution is -0.0456. The van der Waals surface area contributed by atoms with E-state index in [0.717, 1.165) is 35.5 Å². The standard InChI is InChI=1S/C28H48.2C2H6.CH4/c1-6-21-15-17-28(5)23(19-21)11-13-24-25-14-12-22(10-8-7-9-20(2)3)27(25,4)18-16-26(24)28;2*1-2;/h11,20-22,24-26H,6-10,12-19H2,1-5H3;2*1-2H3;1H4. The maximum absolute atomic E-state index is 2.77. The Labute approximate surface area is 211 Å². The van der Waals surface area contributed by atoms with Crippen LogP contribution in [-0.2, 0) is 0 Å². The highest BCUT2D eigenvalue weighted by Crippen LogP contribution is 2.67. The van der Waals surface area contributed by atoms with Crippen molar-refractivity contribution in [1.29, 1.82) is 0 Å². The molecule has 7 unspecified atom stereocenters. The fraction of sp³-hybridized carbons (Fsp3) is 0.939. The van der Waals surface area contributed by atoms with Gasteiger partial charge in [0.2, 0.25) is 0 Å². The molecule has 0 aromatic rings. The van der Waals surface area contributed by atoms with Gasteiger partial charge in [-0.05, 0) is 104 Å². The molecule has 0 bridgehead atoms. The summed E-state index contributed by atoms with van der Waals surface area (Å²) in [5.74, 6) is 5.93. The Morgan fingerprint density at radius 1 is 0.909 bits per heavy atom. The highest BCUT2D eigenvalue weighted by molar-refractivity contribution is 5.25. The quantitative estimate of drug-likeness (QED) is 0.273. The normalized spacial score (nSPS) is 38.8. The minimum Gasteiger partial charge on any atom is -0.0845 e. The lowest BCUT2D eigenvalue weighted by atomic mass is 9.47. The van der Waals surface area contributed by atoms with Gasteiger partial charge in [-0.25, -0.2) is 0 Å². The van der Waals surface area contributed by atoms with Crippen molar-refractivity contribution in [2.75, 3.05) is 0 Å². The van der Waals surface area contributed by atoms with E-state index in [4.69, 9.17) is 0 Å². The van der Waals surface area contributed by atoms with Gasteiger partial charge in [0.25, 0.3) is 0 Å². The molecule has 0 heterocycles. The van der Waals surface area contributed by atoms with Crippen LogP contribution in [0.2, 0.25) is 0 Å². The summed E-state index contributed by atoms with van der Waals surface area (Å²) in [6.45, 7) is 20.6. The van der Waals surface area contributed by atoms with E-state index in [1.807, 2.05) is 33.3 Å². The minimum absolute atomic E-state index is 0. The molecule has 4 rings (SSSR count). The van der Waals surface area contributed by atoms with Crippen LogP contribution in [0, 0.1) is 46.3 Å². The molecule has 0 amide bonds. The maximum Gasteiger partial charge on any atom is -0.00851 e. The number of unbranched alkanes of at least 4 members (excludes halogenated alkanes) is 1. The average Bonchev–Trinajstić information content (AvgIpc) is 3.15. The first-order chi connectivity index (χ1) is 15.4. The second kappa shape index (κ2) is 13.7. The molecule has 0 nitrogen and oxygen atoms in total. The van der Waals surface area contributed by atoms with Gasteiger partial charge in [0.15, 0.2) is 0 Å². The van der Waals surface area contributed by atoms with Crippen molar-refractivity contribution in [2.24, 2.45) is 46.3 Å². The molecule has 4 aliphatic rings. The van der Waals surface area contributed by atoms with Crippen LogP contribution in [0.3, 0.4) is 0 Å². The number of hydrogen-bond donors (Lipinski definition) is 0. The molecular formula is C33H64. The summed E-state index contributed by atoms with van der Waals surface area (Å²) >= 11 is 0. The Morgan fingerprint density at radius 3 is 2.24 bits per heavy atom. The van der Waals surface area contributed by atoms with Crippen LogP contribution < -0.4 is 0 Å². The molecule has 0 spiro atoms. The highest BCUT2D eigenvalue weighted by atomic mass is 14.6. The number of rotatable bonds is 6. The molecule has 0 aromatic carbocycles. The Morgan fingerprint density at radius 2 is 1.61 bits per heavy atom. The van der Waals surface area contributed by atoms with Crippen LogP contribution in [0.25, 0.3) is 0 Å². The SMILES string of the molecule is C.CC.CC.CCC1CCC2(C)C(=CCC3C2CCC2(C)C(CCCCC(C)C)CCC32)C1. The predicted octanol–water partition coefficient (Wildman–Crippen LogP) is 11.5. The zero-order valence-corrected chi connectivity index (χ0v) is 23.7. The summed E-state index contributed by atoms with van der Waals surface area (Å²) in [6.07, 6.45) is 22.0. The van der Waals surface area contributed by atoms with Gasteiger partial charge in [0, 0.05) is 0 Å². The van der Waals surface area contributed by atoms with Crippen LogP contribution >= 0.6 is 0 Å². The first-order valence-electron chi connectivity index (χ1n) is 15.1. The van der Waals surface area contributed by atoms with Crippen molar-refractivity contribution < 1.29 is 0 Å². The van der Waals surface area contributed by atoms with Crippen LogP contribution in [-0.4, -0.2) is 0 Å². The predicted molar refractivity (Wildman–Crippen MR) is 152 cm³/mol. The Hall–Kier alpha value is -0.260. The summed E-state index contributed by atoms with van der Waals surface area (Å²) in [7, 11) is 0. The molecule has 33 heavy (non-hydrogen) atoms. The van der Waals surface area contributed by atoms with Gasteiger partial charge >= 0.3 is 0 Å². The van der Waals surface area contributed by atoms with Crippen molar-refractivity contribution in [3.63, 3.8) is 0 Å². The molecule has 0 heteroatoms. The van der Waals surface area contributed by atoms with Crippen molar-refractivity contribution in [1.82, 2.24) is 0 Å². The van der Waals surface area contributed by atoms with E-state index in [1.165, 1.54) is 77.0 Å². The Bertz CT molecular complexity index is 571. The van der Waals surface area contributed by atoms with Crippen LogP contribution in [0.15, 0.2) is 11.6 Å². The molecule has 196 valence electrons. The molecule has 4 aliphatic carbocycles. The van der Waals surface area contributed by atoms with Gasteiger partial charge in [0.1, 0.15) is 0 Å². The number of hydrogen-bond acceptors (Lipinski definition) is 0. The minimum atomic E-state index is 0. The van der Waals surface area contributed by atoms with E-state index in [9.17, 15) is 0 Å². The fourth-order valence-electron chi connectivity index (χ4n) is 8.61. The summed E-state index contributed by atoms with van der Waals surface area (Å²) in [5, 5.41) is 0. The molecule has 0 N–H and O–H groups in total. The Kier molecular flexibility index (Phi) is 12.8. The summed E-state index contributed by atoms with van der Waals surface area (Å²) < 4.78 is 0. The first-order valence-corrected chi connectivity index (χ1v) is 15.1. The molecule has 3 fully saturated rings. The molecule has 0 radical (unpaired) electrons. The van der Waals surface area contributed by atoms with Crippen molar-refractivity contribution in [3.8, 4) is 0 Å². The second-order valence-electron chi connectivity index (χ2n) is 12.3. The smallest absolute Gasteiger partial charge is 0.00851 e. The van der Waals surface area contributed by atoms with Gasteiger partial charge < -0.3 is 0 Å².